The lowest BCUT2D eigenvalue weighted by atomic mass is 9.74. The first-order chi connectivity index (χ1) is 10.5. The molecule has 120 valence electrons. The molecule has 1 aliphatic rings. The molecule has 1 heteroatoms. The molecule has 0 aliphatic heterocycles. The van der Waals surface area contributed by atoms with Crippen LogP contribution in [0.15, 0.2) is 42.0 Å². The van der Waals surface area contributed by atoms with Gasteiger partial charge >= 0.3 is 0 Å². The standard InChI is InChI=1S/C21H30O/c1-5-6-7-8-17-10-12-19(21(22)14-17)20-13-16(4)9-11-18(20)15(2)3/h10,12-14,18,20,22H,2,5-9,11H2,1,3-4H3/t18-,20+/m0/s1. The Balaban J connectivity index is 2.23. The number of aryl methyl sites for hydroxylation is 1. The summed E-state index contributed by atoms with van der Waals surface area (Å²) in [5.74, 6) is 1.17. The molecule has 1 N–H and O–H groups in total. The van der Waals surface area contributed by atoms with Crippen LogP contribution in [0.4, 0.5) is 0 Å². The molecule has 0 saturated heterocycles. The Morgan fingerprint density at radius 1 is 1.32 bits per heavy atom. The fourth-order valence-corrected chi connectivity index (χ4v) is 3.53. The minimum absolute atomic E-state index is 0.274. The molecule has 0 fully saturated rings. The average molecular weight is 298 g/mol. The molecular weight excluding hydrogens is 268 g/mol. The van der Waals surface area contributed by atoms with E-state index in [0.717, 1.165) is 24.8 Å². The van der Waals surface area contributed by atoms with Crippen molar-refractivity contribution in [1.82, 2.24) is 0 Å². The fraction of sp³-hybridized carbons (Fsp3) is 0.524. The summed E-state index contributed by atoms with van der Waals surface area (Å²) in [6.45, 7) is 10.7. The van der Waals surface area contributed by atoms with Crippen LogP contribution in [-0.2, 0) is 6.42 Å². The van der Waals surface area contributed by atoms with Gasteiger partial charge in [-0.05, 0) is 57.1 Å². The van der Waals surface area contributed by atoms with Gasteiger partial charge in [-0.15, -0.1) is 0 Å². The predicted molar refractivity (Wildman–Crippen MR) is 95.4 cm³/mol. The van der Waals surface area contributed by atoms with Crippen molar-refractivity contribution in [2.45, 2.75) is 65.2 Å². The minimum Gasteiger partial charge on any atom is -0.508 e. The van der Waals surface area contributed by atoms with Crippen LogP contribution >= 0.6 is 0 Å². The van der Waals surface area contributed by atoms with Gasteiger partial charge in [0.25, 0.3) is 0 Å². The second kappa shape index (κ2) is 7.67. The fourth-order valence-electron chi connectivity index (χ4n) is 3.53. The summed E-state index contributed by atoms with van der Waals surface area (Å²) in [4.78, 5) is 0. The van der Waals surface area contributed by atoms with Gasteiger partial charge in [0.1, 0.15) is 5.75 Å². The van der Waals surface area contributed by atoms with Gasteiger partial charge in [-0.2, -0.15) is 0 Å². The molecule has 1 nitrogen and oxygen atoms in total. The lowest BCUT2D eigenvalue weighted by Gasteiger charge is -2.31. The molecule has 0 radical (unpaired) electrons. The maximum absolute atomic E-state index is 10.5. The second-order valence-corrected chi connectivity index (χ2v) is 6.88. The van der Waals surface area contributed by atoms with Gasteiger partial charge < -0.3 is 5.11 Å². The summed E-state index contributed by atoms with van der Waals surface area (Å²) in [7, 11) is 0. The smallest absolute Gasteiger partial charge is 0.119 e. The van der Waals surface area contributed by atoms with Gasteiger partial charge in [-0.3, -0.25) is 0 Å². The molecule has 22 heavy (non-hydrogen) atoms. The molecular formula is C21H30O. The summed E-state index contributed by atoms with van der Waals surface area (Å²) in [5.41, 5.74) is 4.96. The number of hydrogen-bond acceptors (Lipinski definition) is 1. The van der Waals surface area contributed by atoms with Crippen LogP contribution in [0.5, 0.6) is 5.75 Å². The lowest BCUT2D eigenvalue weighted by molar-refractivity contribution is 0.436. The largest absolute Gasteiger partial charge is 0.508 e. The summed E-state index contributed by atoms with van der Waals surface area (Å²) < 4.78 is 0. The van der Waals surface area contributed by atoms with E-state index in [1.807, 2.05) is 6.07 Å². The number of rotatable bonds is 6. The maximum Gasteiger partial charge on any atom is 0.119 e. The van der Waals surface area contributed by atoms with Crippen LogP contribution in [0.2, 0.25) is 0 Å². The SMILES string of the molecule is C=C(C)[C@@H]1CCC(C)=C[C@H]1c1ccc(CCCCC)cc1O. The minimum atomic E-state index is 0.274. The van der Waals surface area contributed by atoms with Crippen LogP contribution in [0.25, 0.3) is 0 Å². The van der Waals surface area contributed by atoms with Crippen molar-refractivity contribution in [2.75, 3.05) is 0 Å². The summed E-state index contributed by atoms with van der Waals surface area (Å²) in [5, 5.41) is 10.5. The van der Waals surface area contributed by atoms with E-state index in [0.29, 0.717) is 11.7 Å². The maximum atomic E-state index is 10.5. The van der Waals surface area contributed by atoms with E-state index in [4.69, 9.17) is 0 Å². The van der Waals surface area contributed by atoms with Gasteiger partial charge in [0.05, 0.1) is 0 Å². The van der Waals surface area contributed by atoms with Crippen LogP contribution in [0, 0.1) is 5.92 Å². The molecule has 0 saturated carbocycles. The summed E-state index contributed by atoms with van der Waals surface area (Å²) in [6.07, 6.45) is 9.36. The lowest BCUT2D eigenvalue weighted by Crippen LogP contribution is -2.17. The van der Waals surface area contributed by atoms with E-state index < -0.39 is 0 Å². The highest BCUT2D eigenvalue weighted by Crippen LogP contribution is 2.42. The zero-order valence-corrected chi connectivity index (χ0v) is 14.4. The van der Waals surface area contributed by atoms with Crippen LogP contribution in [-0.4, -0.2) is 5.11 Å². The Morgan fingerprint density at radius 2 is 2.09 bits per heavy atom. The van der Waals surface area contributed by atoms with E-state index in [1.165, 1.54) is 36.0 Å². The number of allylic oxidation sites excluding steroid dienone is 3. The highest BCUT2D eigenvalue weighted by atomic mass is 16.3. The molecule has 0 bridgehead atoms. The van der Waals surface area contributed by atoms with E-state index in [2.05, 4.69) is 45.6 Å². The van der Waals surface area contributed by atoms with Gasteiger partial charge in [0, 0.05) is 11.5 Å². The Bertz CT molecular complexity index is 553. The van der Waals surface area contributed by atoms with E-state index >= 15 is 0 Å². The second-order valence-electron chi connectivity index (χ2n) is 6.88. The van der Waals surface area contributed by atoms with Crippen LogP contribution in [0.1, 0.15) is 69.9 Å². The molecule has 1 aromatic carbocycles. The monoisotopic (exact) mass is 298 g/mol. The van der Waals surface area contributed by atoms with Crippen molar-refractivity contribution in [3.05, 3.63) is 53.1 Å². The van der Waals surface area contributed by atoms with Crippen molar-refractivity contribution < 1.29 is 5.11 Å². The third-order valence-electron chi connectivity index (χ3n) is 4.90. The highest BCUT2D eigenvalue weighted by Gasteiger charge is 2.27. The Hall–Kier alpha value is -1.50. The van der Waals surface area contributed by atoms with Crippen molar-refractivity contribution in [2.24, 2.45) is 5.92 Å². The topological polar surface area (TPSA) is 20.2 Å². The van der Waals surface area contributed by atoms with Crippen LogP contribution in [0.3, 0.4) is 0 Å². The van der Waals surface area contributed by atoms with Gasteiger partial charge in [0.15, 0.2) is 0 Å². The molecule has 2 rings (SSSR count). The summed E-state index contributed by atoms with van der Waals surface area (Å²) in [6, 6.07) is 6.29. The molecule has 0 amide bonds. The number of hydrogen-bond donors (Lipinski definition) is 1. The number of phenols is 1. The highest BCUT2D eigenvalue weighted by molar-refractivity contribution is 5.43. The summed E-state index contributed by atoms with van der Waals surface area (Å²) >= 11 is 0. The first kappa shape index (κ1) is 16.9. The number of aromatic hydroxyl groups is 1. The first-order valence-electron chi connectivity index (χ1n) is 8.67. The normalized spacial score (nSPS) is 21.5. The molecule has 2 atom stereocenters. The zero-order chi connectivity index (χ0) is 16.1. The Morgan fingerprint density at radius 3 is 2.73 bits per heavy atom. The molecule has 0 aromatic heterocycles. The van der Waals surface area contributed by atoms with Crippen molar-refractivity contribution in [3.8, 4) is 5.75 Å². The molecule has 0 heterocycles. The number of benzene rings is 1. The van der Waals surface area contributed by atoms with Crippen molar-refractivity contribution in [3.63, 3.8) is 0 Å². The Kier molecular flexibility index (Phi) is 5.88. The number of unbranched alkanes of at least 4 members (excludes halogenated alkanes) is 2. The zero-order valence-electron chi connectivity index (χ0n) is 14.4. The third kappa shape index (κ3) is 4.03. The van der Waals surface area contributed by atoms with E-state index in [9.17, 15) is 5.11 Å². The molecule has 1 aliphatic carbocycles. The molecule has 1 aromatic rings. The van der Waals surface area contributed by atoms with Gasteiger partial charge in [0.2, 0.25) is 0 Å². The quantitative estimate of drug-likeness (QED) is 0.494. The first-order valence-corrected chi connectivity index (χ1v) is 8.67. The van der Waals surface area contributed by atoms with Gasteiger partial charge in [-0.1, -0.05) is 55.7 Å². The molecule has 0 spiro atoms. The van der Waals surface area contributed by atoms with E-state index in [1.54, 1.807) is 0 Å². The molecule has 0 unspecified atom stereocenters. The third-order valence-corrected chi connectivity index (χ3v) is 4.90. The van der Waals surface area contributed by atoms with E-state index in [-0.39, 0.29) is 5.92 Å². The van der Waals surface area contributed by atoms with Crippen molar-refractivity contribution >= 4 is 0 Å². The average Bonchev–Trinajstić information content (AvgIpc) is 2.47. The number of phenolic OH excluding ortho intramolecular Hbond substituents is 1. The Labute approximate surface area is 135 Å². The van der Waals surface area contributed by atoms with Gasteiger partial charge in [-0.25, -0.2) is 0 Å². The van der Waals surface area contributed by atoms with Crippen LogP contribution < -0.4 is 0 Å². The van der Waals surface area contributed by atoms with Crippen molar-refractivity contribution in [1.29, 1.82) is 0 Å². The predicted octanol–water partition coefficient (Wildman–Crippen LogP) is 6.14.